The fourth-order valence-corrected chi connectivity index (χ4v) is 6.89. The van der Waals surface area contributed by atoms with Crippen molar-refractivity contribution in [3.8, 4) is 0 Å². The standard InChI is InChI=1S/C24H26N4O4S2/c1-2-32-21(29)14-16-5-7-18(8-6-16)25-23-22-19(4-3-13-34(22,30)31)26-24(27-23)28-11-9-20-17(15-28)10-12-33-20/h5-8,10,12H,2-4,9,11,13-15H2,1H3,(H,25,26,27). The number of carbonyl (C=O) groups excluding carboxylic acids is 1. The van der Waals surface area contributed by atoms with Gasteiger partial charge in [0.2, 0.25) is 5.95 Å². The lowest BCUT2D eigenvalue weighted by molar-refractivity contribution is -0.142. The van der Waals surface area contributed by atoms with Crippen LogP contribution in [0.2, 0.25) is 0 Å². The number of carbonyl (C=O) groups is 1. The maximum atomic E-state index is 13.0. The van der Waals surface area contributed by atoms with E-state index in [9.17, 15) is 13.2 Å². The summed E-state index contributed by atoms with van der Waals surface area (Å²) in [5, 5.41) is 5.32. The van der Waals surface area contributed by atoms with E-state index in [-0.39, 0.29) is 23.0 Å². The lowest BCUT2D eigenvalue weighted by Gasteiger charge is -2.29. The van der Waals surface area contributed by atoms with Crippen LogP contribution in [0.1, 0.15) is 35.0 Å². The molecule has 0 spiro atoms. The second-order valence-electron chi connectivity index (χ2n) is 8.41. The van der Waals surface area contributed by atoms with Crippen molar-refractivity contribution in [2.45, 2.75) is 44.0 Å². The molecule has 0 saturated carbocycles. The molecule has 5 rings (SSSR count). The predicted molar refractivity (Wildman–Crippen MR) is 132 cm³/mol. The van der Waals surface area contributed by atoms with Gasteiger partial charge in [-0.2, -0.15) is 4.98 Å². The van der Waals surface area contributed by atoms with Crippen molar-refractivity contribution in [1.29, 1.82) is 0 Å². The molecular formula is C24H26N4O4S2. The Morgan fingerprint density at radius 2 is 2.00 bits per heavy atom. The van der Waals surface area contributed by atoms with Gasteiger partial charge in [0.25, 0.3) is 0 Å². The van der Waals surface area contributed by atoms with Crippen LogP contribution in [0.4, 0.5) is 17.5 Å². The maximum Gasteiger partial charge on any atom is 0.310 e. The number of benzene rings is 1. The first-order valence-electron chi connectivity index (χ1n) is 11.4. The third-order valence-corrected chi connectivity index (χ3v) is 8.92. The molecule has 10 heteroatoms. The zero-order chi connectivity index (χ0) is 23.7. The van der Waals surface area contributed by atoms with Crippen molar-refractivity contribution in [1.82, 2.24) is 9.97 Å². The molecule has 0 saturated heterocycles. The number of hydrogen-bond acceptors (Lipinski definition) is 9. The van der Waals surface area contributed by atoms with Gasteiger partial charge in [0, 0.05) is 23.7 Å². The van der Waals surface area contributed by atoms with Crippen molar-refractivity contribution in [2.75, 3.05) is 29.1 Å². The maximum absolute atomic E-state index is 13.0. The number of hydrogen-bond donors (Lipinski definition) is 1. The molecule has 0 atom stereocenters. The van der Waals surface area contributed by atoms with Crippen LogP contribution in [0.15, 0.2) is 40.6 Å². The number of rotatable bonds is 6. The highest BCUT2D eigenvalue weighted by Gasteiger charge is 2.31. The topological polar surface area (TPSA) is 101 Å². The van der Waals surface area contributed by atoms with E-state index in [1.54, 1.807) is 18.3 Å². The van der Waals surface area contributed by atoms with Crippen LogP contribution in [-0.4, -0.2) is 43.3 Å². The molecule has 0 aliphatic carbocycles. The number of anilines is 3. The summed E-state index contributed by atoms with van der Waals surface area (Å²) in [4.78, 5) is 24.9. The molecule has 2 aromatic heterocycles. The van der Waals surface area contributed by atoms with E-state index in [0.717, 1.165) is 18.5 Å². The number of ether oxygens (including phenoxy) is 1. The summed E-state index contributed by atoms with van der Waals surface area (Å²) in [6, 6.07) is 9.41. The second-order valence-corrected chi connectivity index (χ2v) is 11.5. The molecule has 0 unspecified atom stereocenters. The van der Waals surface area contributed by atoms with E-state index >= 15 is 0 Å². The smallest absolute Gasteiger partial charge is 0.310 e. The Balaban J connectivity index is 1.46. The summed E-state index contributed by atoms with van der Waals surface area (Å²) in [7, 11) is -3.48. The zero-order valence-electron chi connectivity index (χ0n) is 18.9. The molecular weight excluding hydrogens is 472 g/mol. The Hall–Kier alpha value is -2.98. The van der Waals surface area contributed by atoms with E-state index in [2.05, 4.69) is 21.7 Å². The first kappa shape index (κ1) is 22.8. The van der Waals surface area contributed by atoms with Crippen molar-refractivity contribution in [3.63, 3.8) is 0 Å². The first-order chi connectivity index (χ1) is 16.4. The first-order valence-corrected chi connectivity index (χ1v) is 13.9. The predicted octanol–water partition coefficient (Wildman–Crippen LogP) is 3.67. The molecule has 2 aliphatic heterocycles. The van der Waals surface area contributed by atoms with Gasteiger partial charge in [-0.1, -0.05) is 12.1 Å². The monoisotopic (exact) mass is 498 g/mol. The third-order valence-electron chi connectivity index (χ3n) is 6.02. The van der Waals surface area contributed by atoms with E-state index in [1.807, 2.05) is 24.3 Å². The molecule has 8 nitrogen and oxygen atoms in total. The Labute approximate surface area is 202 Å². The summed E-state index contributed by atoms with van der Waals surface area (Å²) in [6.07, 6.45) is 2.28. The molecule has 0 fully saturated rings. The van der Waals surface area contributed by atoms with Gasteiger partial charge in [-0.15, -0.1) is 11.3 Å². The average molecular weight is 499 g/mol. The van der Waals surface area contributed by atoms with Crippen molar-refractivity contribution in [3.05, 3.63) is 57.4 Å². The summed E-state index contributed by atoms with van der Waals surface area (Å²) < 4.78 is 30.9. The minimum Gasteiger partial charge on any atom is -0.466 e. The molecule has 1 aromatic carbocycles. The Bertz CT molecular complexity index is 1320. The summed E-state index contributed by atoms with van der Waals surface area (Å²) in [5.41, 5.74) is 3.37. The van der Waals surface area contributed by atoms with Crippen molar-refractivity contribution >= 4 is 44.6 Å². The summed E-state index contributed by atoms with van der Waals surface area (Å²) in [5.74, 6) is 0.680. The Morgan fingerprint density at radius 3 is 2.79 bits per heavy atom. The molecule has 2 aliphatic rings. The molecule has 178 valence electrons. The number of esters is 1. The normalized spacial score (nSPS) is 16.4. The van der Waals surface area contributed by atoms with Crippen LogP contribution >= 0.6 is 11.3 Å². The quantitative estimate of drug-likeness (QED) is 0.514. The molecule has 0 amide bonds. The van der Waals surface area contributed by atoms with Crippen LogP contribution in [0.25, 0.3) is 0 Å². The number of fused-ring (bicyclic) bond motifs is 2. The number of thiophene rings is 1. The van der Waals surface area contributed by atoms with Crippen LogP contribution in [0.3, 0.4) is 0 Å². The van der Waals surface area contributed by atoms with Gasteiger partial charge >= 0.3 is 5.97 Å². The summed E-state index contributed by atoms with van der Waals surface area (Å²) >= 11 is 1.77. The van der Waals surface area contributed by atoms with E-state index in [1.165, 1.54) is 10.4 Å². The lowest BCUT2D eigenvalue weighted by atomic mass is 10.1. The van der Waals surface area contributed by atoms with E-state index in [4.69, 9.17) is 14.7 Å². The second kappa shape index (κ2) is 9.34. The SMILES string of the molecule is CCOC(=O)Cc1ccc(Nc2nc(N3CCc4sccc4C3)nc3c2S(=O)(=O)CCC3)cc1. The van der Waals surface area contributed by atoms with Gasteiger partial charge in [0.15, 0.2) is 15.7 Å². The molecule has 34 heavy (non-hydrogen) atoms. The summed E-state index contributed by atoms with van der Waals surface area (Å²) in [6.45, 7) is 3.63. The molecule has 1 N–H and O–H groups in total. The number of aromatic nitrogens is 2. The highest BCUT2D eigenvalue weighted by Crippen LogP contribution is 2.34. The van der Waals surface area contributed by atoms with Gasteiger partial charge in [-0.05, 0) is 60.9 Å². The zero-order valence-corrected chi connectivity index (χ0v) is 20.5. The van der Waals surface area contributed by atoms with Gasteiger partial charge < -0.3 is 15.0 Å². The van der Waals surface area contributed by atoms with Crippen LogP contribution < -0.4 is 10.2 Å². The Morgan fingerprint density at radius 1 is 1.18 bits per heavy atom. The lowest BCUT2D eigenvalue weighted by Crippen LogP contribution is -2.32. The van der Waals surface area contributed by atoms with Crippen molar-refractivity contribution in [2.24, 2.45) is 0 Å². The van der Waals surface area contributed by atoms with Gasteiger partial charge in [-0.25, -0.2) is 13.4 Å². The molecule has 4 heterocycles. The van der Waals surface area contributed by atoms with E-state index < -0.39 is 9.84 Å². The van der Waals surface area contributed by atoms with Crippen LogP contribution in [0.5, 0.6) is 0 Å². The highest BCUT2D eigenvalue weighted by atomic mass is 32.2. The number of nitrogens with zero attached hydrogens (tertiary/aromatic N) is 3. The molecule has 3 aromatic rings. The van der Waals surface area contributed by atoms with Crippen LogP contribution in [0, 0.1) is 0 Å². The highest BCUT2D eigenvalue weighted by molar-refractivity contribution is 7.91. The minimum absolute atomic E-state index is 0.0951. The molecule has 0 bridgehead atoms. The van der Waals surface area contributed by atoms with Gasteiger partial charge in [-0.3, -0.25) is 4.79 Å². The molecule has 0 radical (unpaired) electrons. The van der Waals surface area contributed by atoms with Crippen LogP contribution in [-0.2, 0) is 45.2 Å². The number of nitrogens with one attached hydrogen (secondary N) is 1. The van der Waals surface area contributed by atoms with Crippen molar-refractivity contribution < 1.29 is 17.9 Å². The van der Waals surface area contributed by atoms with Gasteiger partial charge in [0.1, 0.15) is 4.90 Å². The average Bonchev–Trinajstić information content (AvgIpc) is 3.28. The minimum atomic E-state index is -3.48. The number of sulfone groups is 1. The Kier molecular flexibility index (Phi) is 6.26. The fourth-order valence-electron chi connectivity index (χ4n) is 4.38. The largest absolute Gasteiger partial charge is 0.466 e. The number of aryl methyl sites for hydroxylation is 1. The van der Waals surface area contributed by atoms with E-state index in [0.29, 0.717) is 49.1 Å². The third kappa shape index (κ3) is 4.65. The van der Waals surface area contributed by atoms with Gasteiger partial charge in [0.05, 0.1) is 24.5 Å². The fraction of sp³-hybridized carbons (Fsp3) is 0.375.